The maximum absolute atomic E-state index is 9.60. The van der Waals surface area contributed by atoms with Gasteiger partial charge in [0.2, 0.25) is 0 Å². The molecular weight excluding hydrogens is 326 g/mol. The molecule has 2 heterocycles. The van der Waals surface area contributed by atoms with Crippen LogP contribution in [0.25, 0.3) is 5.57 Å². The van der Waals surface area contributed by atoms with E-state index in [2.05, 4.69) is 21.4 Å². The lowest BCUT2D eigenvalue weighted by Gasteiger charge is -2.15. The topological polar surface area (TPSA) is 112 Å². The average molecular weight is 334 g/mol. The molecule has 1 aliphatic heterocycles. The van der Waals surface area contributed by atoms with Gasteiger partial charge in [0.05, 0.1) is 11.4 Å². The van der Waals surface area contributed by atoms with Crippen molar-refractivity contribution in [3.05, 3.63) is 52.3 Å². The molecular formula is C16H8ClN7. The smallest absolute Gasteiger partial charge is 0.178 e. The predicted molar refractivity (Wildman–Crippen MR) is 87.5 cm³/mol. The van der Waals surface area contributed by atoms with E-state index in [1.807, 2.05) is 24.3 Å². The molecule has 0 unspecified atom stereocenters. The molecule has 1 N–H and O–H groups in total. The first-order valence-electron chi connectivity index (χ1n) is 6.73. The summed E-state index contributed by atoms with van der Waals surface area (Å²) in [5.41, 5.74) is 1.55. The van der Waals surface area contributed by atoms with Crippen molar-refractivity contribution in [3.8, 4) is 18.2 Å². The minimum atomic E-state index is -0.177. The van der Waals surface area contributed by atoms with Crippen molar-refractivity contribution in [2.24, 2.45) is 0 Å². The Hall–Kier alpha value is -3.60. The molecule has 0 bridgehead atoms. The van der Waals surface area contributed by atoms with Gasteiger partial charge in [0.15, 0.2) is 16.5 Å². The van der Waals surface area contributed by atoms with Gasteiger partial charge in [-0.2, -0.15) is 15.8 Å². The van der Waals surface area contributed by atoms with E-state index < -0.39 is 0 Å². The number of nitrogens with one attached hydrogen (secondary N) is 1. The quantitative estimate of drug-likeness (QED) is 0.798. The molecule has 0 fully saturated rings. The number of hydrogen-bond acceptors (Lipinski definition) is 7. The van der Waals surface area contributed by atoms with E-state index in [9.17, 15) is 5.26 Å². The van der Waals surface area contributed by atoms with Crippen LogP contribution in [0.3, 0.4) is 0 Å². The Bertz CT molecular complexity index is 1000. The second kappa shape index (κ2) is 5.89. The molecule has 0 aliphatic carbocycles. The van der Waals surface area contributed by atoms with Crippen molar-refractivity contribution in [2.75, 3.05) is 17.3 Å². The third kappa shape index (κ3) is 2.28. The van der Waals surface area contributed by atoms with Crippen molar-refractivity contribution < 1.29 is 0 Å². The maximum atomic E-state index is 9.60. The molecule has 0 atom stereocenters. The SMILES string of the molecule is CN1/C(=C(\C#N)c2nc(C#N)c(C#N)nc2Cl)Nc2ccccc21. The molecule has 2 aromatic rings. The lowest BCUT2D eigenvalue weighted by atomic mass is 10.2. The molecule has 1 aliphatic rings. The molecule has 8 heteroatoms. The minimum Gasteiger partial charge on any atom is -0.339 e. The Morgan fingerprint density at radius 1 is 1.12 bits per heavy atom. The highest BCUT2D eigenvalue weighted by Crippen LogP contribution is 2.38. The lowest BCUT2D eigenvalue weighted by molar-refractivity contribution is 1.09. The second-order valence-electron chi connectivity index (χ2n) is 4.82. The van der Waals surface area contributed by atoms with Gasteiger partial charge in [0.25, 0.3) is 0 Å². The molecule has 7 nitrogen and oxygen atoms in total. The Balaban J connectivity index is 2.21. The Morgan fingerprint density at radius 2 is 1.79 bits per heavy atom. The Labute approximate surface area is 142 Å². The number of rotatable bonds is 1. The largest absolute Gasteiger partial charge is 0.339 e. The van der Waals surface area contributed by atoms with Gasteiger partial charge in [0.1, 0.15) is 35.3 Å². The summed E-state index contributed by atoms with van der Waals surface area (Å²) in [6.07, 6.45) is 0. The molecule has 0 saturated carbocycles. The van der Waals surface area contributed by atoms with E-state index in [1.54, 1.807) is 24.1 Å². The zero-order valence-electron chi connectivity index (χ0n) is 12.4. The van der Waals surface area contributed by atoms with Gasteiger partial charge in [-0.05, 0) is 12.1 Å². The standard InChI is InChI=1S/C16H8ClN7/c1-24-13-5-3-2-4-10(13)23-16(24)9(6-18)14-15(17)22-12(8-20)11(7-19)21-14/h2-5,23H,1H3/b16-9+. The van der Waals surface area contributed by atoms with Gasteiger partial charge >= 0.3 is 0 Å². The van der Waals surface area contributed by atoms with E-state index in [0.717, 1.165) is 11.4 Å². The van der Waals surface area contributed by atoms with Crippen molar-refractivity contribution >= 4 is 28.5 Å². The number of benzene rings is 1. The number of fused-ring (bicyclic) bond motifs is 1. The molecule has 0 radical (unpaired) electrons. The summed E-state index contributed by atoms with van der Waals surface area (Å²) >= 11 is 6.08. The fraction of sp³-hybridized carbons (Fsp3) is 0.0625. The van der Waals surface area contributed by atoms with Crippen LogP contribution in [0.5, 0.6) is 0 Å². The van der Waals surface area contributed by atoms with Crippen LogP contribution in [0.4, 0.5) is 11.4 Å². The zero-order valence-corrected chi connectivity index (χ0v) is 13.1. The number of aromatic nitrogens is 2. The number of para-hydroxylation sites is 2. The fourth-order valence-electron chi connectivity index (χ4n) is 2.38. The van der Waals surface area contributed by atoms with Gasteiger partial charge in [-0.1, -0.05) is 23.7 Å². The number of nitriles is 3. The molecule has 0 amide bonds. The van der Waals surface area contributed by atoms with Crippen LogP contribution in [0, 0.1) is 34.0 Å². The Kier molecular flexibility index (Phi) is 3.75. The van der Waals surface area contributed by atoms with Crippen LogP contribution in [0.1, 0.15) is 17.1 Å². The van der Waals surface area contributed by atoms with E-state index in [0.29, 0.717) is 5.82 Å². The van der Waals surface area contributed by atoms with Crippen molar-refractivity contribution in [1.29, 1.82) is 15.8 Å². The summed E-state index contributed by atoms with van der Waals surface area (Å²) in [5, 5.41) is 30.7. The Morgan fingerprint density at radius 3 is 2.42 bits per heavy atom. The van der Waals surface area contributed by atoms with E-state index >= 15 is 0 Å². The van der Waals surface area contributed by atoms with E-state index in [1.165, 1.54) is 0 Å². The summed E-state index contributed by atoms with van der Waals surface area (Å²) in [6.45, 7) is 0. The maximum Gasteiger partial charge on any atom is 0.178 e. The van der Waals surface area contributed by atoms with Crippen LogP contribution in [0.2, 0.25) is 5.15 Å². The van der Waals surface area contributed by atoms with Gasteiger partial charge in [-0.3, -0.25) is 0 Å². The van der Waals surface area contributed by atoms with Crippen molar-refractivity contribution in [1.82, 2.24) is 9.97 Å². The predicted octanol–water partition coefficient (Wildman–Crippen LogP) is 2.63. The molecule has 3 rings (SSSR count). The first-order valence-corrected chi connectivity index (χ1v) is 7.10. The summed E-state index contributed by atoms with van der Waals surface area (Å²) in [6, 6.07) is 13.1. The van der Waals surface area contributed by atoms with Crippen LogP contribution in [-0.2, 0) is 0 Å². The highest BCUT2D eigenvalue weighted by molar-refractivity contribution is 6.31. The van der Waals surface area contributed by atoms with Crippen LogP contribution < -0.4 is 10.2 Å². The molecule has 1 aromatic carbocycles. The number of halogens is 1. The van der Waals surface area contributed by atoms with Crippen molar-refractivity contribution in [3.63, 3.8) is 0 Å². The first-order chi connectivity index (χ1) is 11.6. The number of anilines is 2. The summed E-state index contributed by atoms with van der Waals surface area (Å²) in [5.74, 6) is 0.475. The normalized spacial score (nSPS) is 14.0. The van der Waals surface area contributed by atoms with Crippen LogP contribution >= 0.6 is 11.6 Å². The third-order valence-corrected chi connectivity index (χ3v) is 3.77. The molecule has 0 spiro atoms. The average Bonchev–Trinajstić information content (AvgIpc) is 2.93. The fourth-order valence-corrected chi connectivity index (χ4v) is 2.60. The minimum absolute atomic E-state index is 0.0527. The van der Waals surface area contributed by atoms with Gasteiger partial charge < -0.3 is 10.2 Å². The summed E-state index contributed by atoms with van der Waals surface area (Å²) in [7, 11) is 1.79. The number of nitrogens with zero attached hydrogens (tertiary/aromatic N) is 6. The molecule has 0 saturated heterocycles. The van der Waals surface area contributed by atoms with Gasteiger partial charge in [-0.25, -0.2) is 9.97 Å². The summed E-state index contributed by atoms with van der Waals surface area (Å²) in [4.78, 5) is 9.70. The van der Waals surface area contributed by atoms with Crippen LogP contribution in [0.15, 0.2) is 30.1 Å². The van der Waals surface area contributed by atoms with E-state index in [4.69, 9.17) is 22.1 Å². The highest BCUT2D eigenvalue weighted by atomic mass is 35.5. The molecule has 24 heavy (non-hydrogen) atoms. The van der Waals surface area contributed by atoms with Crippen molar-refractivity contribution in [2.45, 2.75) is 0 Å². The van der Waals surface area contributed by atoms with Gasteiger partial charge in [-0.15, -0.1) is 0 Å². The number of hydrogen-bond donors (Lipinski definition) is 1. The molecule has 114 valence electrons. The van der Waals surface area contributed by atoms with Gasteiger partial charge in [0, 0.05) is 7.05 Å². The highest BCUT2D eigenvalue weighted by Gasteiger charge is 2.27. The zero-order chi connectivity index (χ0) is 17.3. The lowest BCUT2D eigenvalue weighted by Crippen LogP contribution is -2.17. The third-order valence-electron chi connectivity index (χ3n) is 3.50. The van der Waals surface area contributed by atoms with E-state index in [-0.39, 0.29) is 27.8 Å². The summed E-state index contributed by atoms with van der Waals surface area (Å²) < 4.78 is 0. The van der Waals surface area contributed by atoms with Crippen LogP contribution in [-0.4, -0.2) is 17.0 Å². The monoisotopic (exact) mass is 333 g/mol. The second-order valence-corrected chi connectivity index (χ2v) is 5.18. The molecule has 1 aromatic heterocycles. The number of allylic oxidation sites excluding steroid dienone is 1. The first kappa shape index (κ1) is 15.3.